The summed E-state index contributed by atoms with van der Waals surface area (Å²) in [7, 11) is 0. The van der Waals surface area contributed by atoms with Crippen LogP contribution in [0.2, 0.25) is 0 Å². The summed E-state index contributed by atoms with van der Waals surface area (Å²) in [6, 6.07) is 13.7. The van der Waals surface area contributed by atoms with Crippen LogP contribution in [-0.2, 0) is 26.1 Å². The summed E-state index contributed by atoms with van der Waals surface area (Å²) in [6.07, 6.45) is 8.43. The van der Waals surface area contributed by atoms with Crippen molar-refractivity contribution < 1.29 is 5.11 Å². The zero-order valence-electron chi connectivity index (χ0n) is 21.0. The number of nitrogens with zero attached hydrogens (tertiary/aromatic N) is 7. The number of H-pyrrole nitrogens is 1. The Bertz CT molecular complexity index is 1510. The Kier molecular flexibility index (Phi) is 7.09. The zero-order valence-corrected chi connectivity index (χ0v) is 21.0. The van der Waals surface area contributed by atoms with E-state index < -0.39 is 0 Å². The van der Waals surface area contributed by atoms with Crippen LogP contribution < -0.4 is 5.69 Å². The Labute approximate surface area is 214 Å². The predicted molar refractivity (Wildman–Crippen MR) is 140 cm³/mol. The maximum absolute atomic E-state index is 13.6. The highest BCUT2D eigenvalue weighted by Gasteiger charge is 2.18. The highest BCUT2D eigenvalue weighted by Crippen LogP contribution is 2.29. The van der Waals surface area contributed by atoms with Crippen molar-refractivity contribution in [1.82, 2.24) is 39.3 Å². The fourth-order valence-electron chi connectivity index (χ4n) is 4.64. The molecule has 4 heterocycles. The van der Waals surface area contributed by atoms with Gasteiger partial charge in [-0.2, -0.15) is 0 Å². The van der Waals surface area contributed by atoms with Crippen LogP contribution in [0.1, 0.15) is 43.6 Å². The van der Waals surface area contributed by atoms with E-state index >= 15 is 0 Å². The minimum Gasteiger partial charge on any atom is -0.392 e. The van der Waals surface area contributed by atoms with Crippen molar-refractivity contribution in [2.75, 3.05) is 0 Å². The fraction of sp³-hybridized carbons (Fsp3) is 0.296. The first-order valence-corrected chi connectivity index (χ1v) is 12.5. The predicted octanol–water partition coefficient (Wildman–Crippen LogP) is 3.59. The second-order valence-electron chi connectivity index (χ2n) is 8.91. The molecule has 0 radical (unpaired) electrons. The van der Waals surface area contributed by atoms with Gasteiger partial charge in [0.15, 0.2) is 5.82 Å². The summed E-state index contributed by atoms with van der Waals surface area (Å²) in [5.74, 6) is 1.31. The van der Waals surface area contributed by atoms with E-state index in [0.29, 0.717) is 24.7 Å². The Balaban J connectivity index is 1.49. The summed E-state index contributed by atoms with van der Waals surface area (Å²) in [6.45, 7) is 5.09. The monoisotopic (exact) mass is 498 g/mol. The van der Waals surface area contributed by atoms with Crippen LogP contribution in [0.15, 0.2) is 65.8 Å². The molecule has 0 amide bonds. The molecule has 0 aliphatic heterocycles. The van der Waals surface area contributed by atoms with E-state index in [2.05, 4.69) is 27.5 Å². The molecule has 2 N–H and O–H groups in total. The SMILES string of the molecule is CCCCc1cn(-c2c(CO)ccn2CC)c(=O)n1Cc1ccc(-c2ccccc2-c2nnn[nH]2)cn1. The van der Waals surface area contributed by atoms with E-state index in [1.807, 2.05) is 72.5 Å². The minimum absolute atomic E-state index is 0.126. The largest absolute Gasteiger partial charge is 0.392 e. The molecule has 0 spiro atoms. The third-order valence-corrected chi connectivity index (χ3v) is 6.59. The van der Waals surface area contributed by atoms with Gasteiger partial charge >= 0.3 is 5.69 Å². The normalized spacial score (nSPS) is 11.3. The first kappa shape index (κ1) is 24.4. The van der Waals surface area contributed by atoms with Crippen molar-refractivity contribution >= 4 is 0 Å². The number of nitrogens with one attached hydrogen (secondary N) is 1. The van der Waals surface area contributed by atoms with Crippen LogP contribution in [0.25, 0.3) is 28.3 Å². The molecule has 0 atom stereocenters. The molecule has 0 bridgehead atoms. The van der Waals surface area contributed by atoms with Gasteiger partial charge in [0.2, 0.25) is 0 Å². The maximum atomic E-state index is 13.6. The average molecular weight is 499 g/mol. The Morgan fingerprint density at radius 2 is 1.89 bits per heavy atom. The van der Waals surface area contributed by atoms with Crippen LogP contribution >= 0.6 is 0 Å². The molecule has 190 valence electrons. The molecular weight excluding hydrogens is 468 g/mol. The van der Waals surface area contributed by atoms with Gasteiger partial charge in [0.05, 0.1) is 18.8 Å². The van der Waals surface area contributed by atoms with Crippen LogP contribution in [-0.4, -0.2) is 44.4 Å². The van der Waals surface area contributed by atoms with E-state index in [4.69, 9.17) is 4.98 Å². The molecule has 0 fully saturated rings. The van der Waals surface area contributed by atoms with Gasteiger partial charge in [-0.1, -0.05) is 43.7 Å². The molecule has 0 saturated carbocycles. The van der Waals surface area contributed by atoms with Crippen molar-refractivity contribution in [1.29, 1.82) is 0 Å². The molecule has 0 unspecified atom stereocenters. The summed E-state index contributed by atoms with van der Waals surface area (Å²) >= 11 is 0. The van der Waals surface area contributed by atoms with E-state index in [0.717, 1.165) is 52.9 Å². The number of aromatic amines is 1. The molecule has 0 aliphatic carbocycles. The van der Waals surface area contributed by atoms with Gasteiger partial charge in [-0.05, 0) is 47.9 Å². The number of aliphatic hydroxyl groups excluding tert-OH is 1. The number of unbranched alkanes of at least 4 members (excludes halogenated alkanes) is 1. The van der Waals surface area contributed by atoms with Gasteiger partial charge in [-0.25, -0.2) is 9.89 Å². The van der Waals surface area contributed by atoms with Gasteiger partial charge in [-0.3, -0.25) is 14.1 Å². The Morgan fingerprint density at radius 3 is 2.57 bits per heavy atom. The smallest absolute Gasteiger partial charge is 0.334 e. The highest BCUT2D eigenvalue weighted by atomic mass is 16.3. The Morgan fingerprint density at radius 1 is 1.05 bits per heavy atom. The third-order valence-electron chi connectivity index (χ3n) is 6.59. The second-order valence-corrected chi connectivity index (χ2v) is 8.91. The Hall–Kier alpha value is -4.31. The molecule has 37 heavy (non-hydrogen) atoms. The van der Waals surface area contributed by atoms with Crippen molar-refractivity contribution in [3.8, 4) is 28.3 Å². The lowest BCUT2D eigenvalue weighted by molar-refractivity contribution is 0.281. The van der Waals surface area contributed by atoms with Crippen LogP contribution in [0, 0.1) is 0 Å². The van der Waals surface area contributed by atoms with Crippen molar-refractivity contribution in [2.45, 2.75) is 52.8 Å². The average Bonchev–Trinajstić information content (AvgIpc) is 3.68. The highest BCUT2D eigenvalue weighted by molar-refractivity contribution is 5.79. The number of benzene rings is 1. The molecule has 0 saturated heterocycles. The number of aliphatic hydroxyl groups is 1. The zero-order chi connectivity index (χ0) is 25.8. The number of hydrogen-bond donors (Lipinski definition) is 2. The lowest BCUT2D eigenvalue weighted by atomic mass is 10.0. The molecular formula is C27H30N8O2. The van der Waals surface area contributed by atoms with Crippen LogP contribution in [0.4, 0.5) is 0 Å². The first-order valence-electron chi connectivity index (χ1n) is 12.5. The maximum Gasteiger partial charge on any atom is 0.334 e. The quantitative estimate of drug-likeness (QED) is 0.304. The van der Waals surface area contributed by atoms with Gasteiger partial charge in [0.25, 0.3) is 0 Å². The van der Waals surface area contributed by atoms with Gasteiger partial charge < -0.3 is 9.67 Å². The topological polar surface area (TPSA) is 119 Å². The second kappa shape index (κ2) is 10.8. The molecule has 4 aromatic heterocycles. The summed E-state index contributed by atoms with van der Waals surface area (Å²) in [5, 5.41) is 24.1. The minimum atomic E-state index is -0.136. The number of pyridine rings is 1. The fourth-order valence-corrected chi connectivity index (χ4v) is 4.64. The van der Waals surface area contributed by atoms with Gasteiger partial charge in [0.1, 0.15) is 5.82 Å². The van der Waals surface area contributed by atoms with Gasteiger partial charge in [0, 0.05) is 47.5 Å². The van der Waals surface area contributed by atoms with Crippen molar-refractivity contribution in [3.63, 3.8) is 0 Å². The van der Waals surface area contributed by atoms with Crippen LogP contribution in [0.3, 0.4) is 0 Å². The number of aryl methyl sites for hydroxylation is 2. The van der Waals surface area contributed by atoms with E-state index in [1.54, 1.807) is 9.13 Å². The molecule has 5 aromatic rings. The molecule has 10 heteroatoms. The summed E-state index contributed by atoms with van der Waals surface area (Å²) < 4.78 is 5.44. The molecule has 10 nitrogen and oxygen atoms in total. The van der Waals surface area contributed by atoms with Crippen molar-refractivity contribution in [3.05, 3.63) is 88.5 Å². The van der Waals surface area contributed by atoms with Crippen molar-refractivity contribution in [2.24, 2.45) is 0 Å². The van der Waals surface area contributed by atoms with E-state index in [1.165, 1.54) is 0 Å². The number of tetrazole rings is 1. The van der Waals surface area contributed by atoms with E-state index in [9.17, 15) is 9.90 Å². The standard InChI is InChI=1S/C27H30N8O2/c1-3-5-8-22-17-35(26-20(18-36)13-14-33(26)4-2)27(37)34(22)16-21-12-11-19(15-28-21)23-9-6-7-10-24(23)25-29-31-32-30-25/h6-7,9-15,17,36H,3-5,8,16,18H2,1-2H3,(H,29,30,31,32). The van der Waals surface area contributed by atoms with Gasteiger partial charge in [-0.15, -0.1) is 5.10 Å². The summed E-state index contributed by atoms with van der Waals surface area (Å²) in [5.41, 5.74) is 5.11. The van der Waals surface area contributed by atoms with E-state index in [-0.39, 0.29) is 12.3 Å². The molecule has 1 aromatic carbocycles. The third kappa shape index (κ3) is 4.75. The number of rotatable bonds is 10. The number of aromatic nitrogens is 8. The van der Waals surface area contributed by atoms with Crippen LogP contribution in [0.5, 0.6) is 0 Å². The lowest BCUT2D eigenvalue weighted by Gasteiger charge is -2.10. The molecule has 0 aliphatic rings. The summed E-state index contributed by atoms with van der Waals surface area (Å²) in [4.78, 5) is 18.3. The first-order chi connectivity index (χ1) is 18.1. The lowest BCUT2D eigenvalue weighted by Crippen LogP contribution is -2.26. The molecule has 5 rings (SSSR count). The number of imidazole rings is 1. The number of hydrogen-bond acceptors (Lipinski definition) is 6.